The lowest BCUT2D eigenvalue weighted by atomic mass is 9.84. The molecule has 3 rings (SSSR count). The van der Waals surface area contributed by atoms with Crippen molar-refractivity contribution in [1.82, 2.24) is 4.90 Å². The second kappa shape index (κ2) is 9.02. The topological polar surface area (TPSA) is 41.9 Å². The van der Waals surface area contributed by atoms with E-state index in [4.69, 9.17) is 9.47 Å². The van der Waals surface area contributed by atoms with E-state index in [9.17, 15) is 5.11 Å². The van der Waals surface area contributed by atoms with Crippen LogP contribution in [0.4, 0.5) is 0 Å². The van der Waals surface area contributed by atoms with Crippen LogP contribution in [-0.2, 0) is 4.74 Å². The minimum absolute atomic E-state index is 0.226. The molecule has 1 aliphatic heterocycles. The Morgan fingerprint density at radius 1 is 1.08 bits per heavy atom. The summed E-state index contributed by atoms with van der Waals surface area (Å²) in [6.45, 7) is 6.88. The van der Waals surface area contributed by atoms with Crippen molar-refractivity contribution >= 4 is 0 Å². The first-order valence-corrected chi connectivity index (χ1v) is 9.89. The summed E-state index contributed by atoms with van der Waals surface area (Å²) in [4.78, 5) is 2.26. The van der Waals surface area contributed by atoms with Gasteiger partial charge in [0.25, 0.3) is 0 Å². The molecule has 0 aromatic heterocycles. The van der Waals surface area contributed by atoms with Crippen molar-refractivity contribution in [1.29, 1.82) is 0 Å². The zero-order valence-electron chi connectivity index (χ0n) is 15.7. The molecule has 2 aliphatic rings. The van der Waals surface area contributed by atoms with Gasteiger partial charge in [0.2, 0.25) is 0 Å². The van der Waals surface area contributed by atoms with Crippen LogP contribution in [0.1, 0.15) is 57.4 Å². The number of rotatable bonds is 6. The van der Waals surface area contributed by atoms with Crippen LogP contribution in [-0.4, -0.2) is 54.6 Å². The number of ether oxygens (including phenoxy) is 2. The van der Waals surface area contributed by atoms with Gasteiger partial charge in [-0.25, -0.2) is 0 Å². The Balaban J connectivity index is 1.43. The molecule has 4 nitrogen and oxygen atoms in total. The molecule has 1 aromatic rings. The molecule has 1 aromatic carbocycles. The third-order valence-corrected chi connectivity index (χ3v) is 5.36. The van der Waals surface area contributed by atoms with Crippen LogP contribution < -0.4 is 4.74 Å². The number of benzene rings is 1. The summed E-state index contributed by atoms with van der Waals surface area (Å²) in [7, 11) is 0. The summed E-state index contributed by atoms with van der Waals surface area (Å²) in [6.07, 6.45) is 6.70. The van der Waals surface area contributed by atoms with Crippen molar-refractivity contribution in [3.8, 4) is 5.75 Å². The average molecular weight is 347 g/mol. The second-order valence-corrected chi connectivity index (χ2v) is 7.84. The predicted octanol–water partition coefficient (Wildman–Crippen LogP) is 3.58. The fourth-order valence-corrected chi connectivity index (χ4v) is 4.25. The Morgan fingerprint density at radius 2 is 1.72 bits per heavy atom. The van der Waals surface area contributed by atoms with E-state index < -0.39 is 6.10 Å². The highest BCUT2D eigenvalue weighted by Gasteiger charge is 2.24. The summed E-state index contributed by atoms with van der Waals surface area (Å²) in [6, 6.07) is 8.50. The van der Waals surface area contributed by atoms with Crippen LogP contribution in [0.2, 0.25) is 0 Å². The van der Waals surface area contributed by atoms with Crippen LogP contribution in [0.25, 0.3) is 0 Å². The zero-order valence-corrected chi connectivity index (χ0v) is 15.7. The van der Waals surface area contributed by atoms with E-state index in [1.165, 1.54) is 37.7 Å². The summed E-state index contributed by atoms with van der Waals surface area (Å²) < 4.78 is 11.5. The van der Waals surface area contributed by atoms with Crippen molar-refractivity contribution in [3.05, 3.63) is 29.8 Å². The van der Waals surface area contributed by atoms with E-state index in [-0.39, 0.29) is 12.2 Å². The fourth-order valence-electron chi connectivity index (χ4n) is 4.25. The van der Waals surface area contributed by atoms with Gasteiger partial charge in [-0.1, -0.05) is 31.4 Å². The standard InChI is InChI=1S/C21H33NO3/c1-16-12-22(13-17(2)25-16)14-20(23)15-24-21-10-8-19(9-11-21)18-6-4-3-5-7-18/h8-11,16-18,20,23H,3-7,12-15H2,1-2H3. The molecule has 3 atom stereocenters. The van der Waals surface area contributed by atoms with Crippen LogP contribution in [0.15, 0.2) is 24.3 Å². The molecule has 140 valence electrons. The van der Waals surface area contributed by atoms with Crippen molar-refractivity contribution in [2.45, 2.75) is 70.2 Å². The Labute approximate surface area is 152 Å². The summed E-state index contributed by atoms with van der Waals surface area (Å²) in [5.74, 6) is 1.57. The molecule has 0 bridgehead atoms. The molecule has 25 heavy (non-hydrogen) atoms. The molecule has 2 fully saturated rings. The highest BCUT2D eigenvalue weighted by atomic mass is 16.5. The highest BCUT2D eigenvalue weighted by Crippen LogP contribution is 2.33. The molecule has 0 radical (unpaired) electrons. The average Bonchev–Trinajstić information content (AvgIpc) is 2.60. The number of nitrogens with zero attached hydrogens (tertiary/aromatic N) is 1. The third-order valence-electron chi connectivity index (χ3n) is 5.36. The maximum Gasteiger partial charge on any atom is 0.119 e. The van der Waals surface area contributed by atoms with Gasteiger partial charge in [-0.05, 0) is 50.3 Å². The molecule has 0 amide bonds. The number of hydrogen-bond donors (Lipinski definition) is 1. The van der Waals surface area contributed by atoms with Crippen molar-refractivity contribution in [2.75, 3.05) is 26.2 Å². The quantitative estimate of drug-likeness (QED) is 0.854. The molecule has 4 heteroatoms. The lowest BCUT2D eigenvalue weighted by Gasteiger charge is -2.36. The maximum atomic E-state index is 10.3. The molecule has 0 spiro atoms. The first-order chi connectivity index (χ1) is 12.1. The van der Waals surface area contributed by atoms with Gasteiger partial charge in [-0.15, -0.1) is 0 Å². The molecule has 3 unspecified atom stereocenters. The van der Waals surface area contributed by atoms with Gasteiger partial charge < -0.3 is 14.6 Å². The first kappa shape index (κ1) is 18.7. The van der Waals surface area contributed by atoms with Crippen LogP contribution in [0.5, 0.6) is 5.75 Å². The molecule has 1 saturated heterocycles. The summed E-state index contributed by atoms with van der Waals surface area (Å²) in [5.41, 5.74) is 1.43. The number of β-amino-alcohol motifs (C(OH)–C–C–N with tert-alkyl or cyclic N) is 1. The third kappa shape index (κ3) is 5.70. The fraction of sp³-hybridized carbons (Fsp3) is 0.714. The first-order valence-electron chi connectivity index (χ1n) is 9.89. The summed E-state index contributed by atoms with van der Waals surface area (Å²) in [5, 5.41) is 10.3. The van der Waals surface area contributed by atoms with Gasteiger partial charge in [0.15, 0.2) is 0 Å². The summed E-state index contributed by atoms with van der Waals surface area (Å²) >= 11 is 0. The van der Waals surface area contributed by atoms with Crippen LogP contribution >= 0.6 is 0 Å². The van der Waals surface area contributed by atoms with E-state index in [1.807, 2.05) is 0 Å². The number of hydrogen-bond acceptors (Lipinski definition) is 4. The minimum atomic E-state index is -0.476. The van der Waals surface area contributed by atoms with Crippen LogP contribution in [0.3, 0.4) is 0 Å². The van der Waals surface area contributed by atoms with Crippen molar-refractivity contribution < 1.29 is 14.6 Å². The van der Waals surface area contributed by atoms with E-state index in [1.54, 1.807) is 0 Å². The number of aliphatic hydroxyl groups excluding tert-OH is 1. The normalized spacial score (nSPS) is 27.2. The molecule has 1 N–H and O–H groups in total. The van der Waals surface area contributed by atoms with Gasteiger partial charge in [0, 0.05) is 19.6 Å². The van der Waals surface area contributed by atoms with Gasteiger partial charge in [0.05, 0.1) is 12.2 Å². The van der Waals surface area contributed by atoms with Gasteiger partial charge in [0.1, 0.15) is 18.5 Å². The second-order valence-electron chi connectivity index (χ2n) is 7.84. The monoisotopic (exact) mass is 347 g/mol. The van der Waals surface area contributed by atoms with Crippen molar-refractivity contribution in [2.24, 2.45) is 0 Å². The Kier molecular flexibility index (Phi) is 6.74. The van der Waals surface area contributed by atoms with E-state index in [2.05, 4.69) is 43.0 Å². The smallest absolute Gasteiger partial charge is 0.119 e. The van der Waals surface area contributed by atoms with Gasteiger partial charge in [-0.2, -0.15) is 0 Å². The molecule has 1 aliphatic carbocycles. The Bertz CT molecular complexity index is 502. The number of morpholine rings is 1. The zero-order chi connectivity index (χ0) is 17.6. The van der Waals surface area contributed by atoms with Gasteiger partial charge in [-0.3, -0.25) is 4.90 Å². The lowest BCUT2D eigenvalue weighted by molar-refractivity contribution is -0.0786. The molecular weight excluding hydrogens is 314 g/mol. The van der Waals surface area contributed by atoms with E-state index in [0.29, 0.717) is 13.2 Å². The van der Waals surface area contributed by atoms with Gasteiger partial charge >= 0.3 is 0 Å². The Hall–Kier alpha value is -1.10. The minimum Gasteiger partial charge on any atom is -0.491 e. The molecule has 1 heterocycles. The van der Waals surface area contributed by atoms with Crippen LogP contribution in [0, 0.1) is 0 Å². The predicted molar refractivity (Wildman–Crippen MR) is 100 cm³/mol. The Morgan fingerprint density at radius 3 is 2.36 bits per heavy atom. The van der Waals surface area contributed by atoms with E-state index >= 15 is 0 Å². The number of aliphatic hydroxyl groups is 1. The largest absolute Gasteiger partial charge is 0.491 e. The SMILES string of the molecule is CC1CN(CC(O)COc2ccc(C3CCCCC3)cc2)CC(C)O1. The molecule has 1 saturated carbocycles. The van der Waals surface area contributed by atoms with Crippen molar-refractivity contribution in [3.63, 3.8) is 0 Å². The maximum absolute atomic E-state index is 10.3. The molecular formula is C21H33NO3. The van der Waals surface area contributed by atoms with E-state index in [0.717, 1.165) is 24.8 Å². The highest BCUT2D eigenvalue weighted by molar-refractivity contribution is 5.29. The lowest BCUT2D eigenvalue weighted by Crippen LogP contribution is -2.48.